The molecule has 2 aliphatic rings. The van der Waals surface area contributed by atoms with Crippen molar-refractivity contribution in [3.8, 4) is 0 Å². The van der Waals surface area contributed by atoms with Crippen LogP contribution in [0.1, 0.15) is 18.4 Å². The number of nitro groups is 1. The van der Waals surface area contributed by atoms with Crippen LogP contribution in [0.2, 0.25) is 0 Å². The van der Waals surface area contributed by atoms with E-state index in [0.29, 0.717) is 21.3 Å². The number of thiocarbonyl (C=S) groups is 1. The first-order valence-corrected chi connectivity index (χ1v) is 8.38. The molecule has 8 heteroatoms. The van der Waals surface area contributed by atoms with E-state index in [1.54, 1.807) is 23.1 Å². The Kier molecular flexibility index (Phi) is 4.74. The van der Waals surface area contributed by atoms with Crippen molar-refractivity contribution in [2.75, 3.05) is 13.2 Å². The first-order chi connectivity index (χ1) is 11.0. The molecule has 0 saturated carbocycles. The monoisotopic (exact) mass is 350 g/mol. The lowest BCUT2D eigenvalue weighted by Gasteiger charge is -2.18. The molecule has 1 atom stereocenters. The molecule has 2 saturated heterocycles. The summed E-state index contributed by atoms with van der Waals surface area (Å²) in [5.41, 5.74) is 0.602. The van der Waals surface area contributed by atoms with Gasteiger partial charge in [0.1, 0.15) is 4.32 Å². The number of carbonyl (C=O) groups is 1. The zero-order valence-electron chi connectivity index (χ0n) is 12.1. The molecule has 120 valence electrons. The van der Waals surface area contributed by atoms with Gasteiger partial charge in [-0.3, -0.25) is 19.8 Å². The number of ether oxygens (including phenoxy) is 1. The second-order valence-corrected chi connectivity index (χ2v) is 6.96. The van der Waals surface area contributed by atoms with Gasteiger partial charge in [-0.05, 0) is 24.5 Å². The van der Waals surface area contributed by atoms with Crippen LogP contribution in [0.15, 0.2) is 29.2 Å². The average Bonchev–Trinajstić information content (AvgIpc) is 3.12. The summed E-state index contributed by atoms with van der Waals surface area (Å²) < 4.78 is 6.05. The molecule has 2 aliphatic heterocycles. The van der Waals surface area contributed by atoms with E-state index in [1.807, 2.05) is 0 Å². The van der Waals surface area contributed by atoms with Crippen molar-refractivity contribution in [1.29, 1.82) is 0 Å². The summed E-state index contributed by atoms with van der Waals surface area (Å²) >= 11 is 6.49. The summed E-state index contributed by atoms with van der Waals surface area (Å²) in [5.74, 6) is -0.165. The number of carbonyl (C=O) groups excluding carboxylic acids is 1. The van der Waals surface area contributed by atoms with E-state index < -0.39 is 4.92 Å². The van der Waals surface area contributed by atoms with Gasteiger partial charge in [-0.25, -0.2) is 0 Å². The summed E-state index contributed by atoms with van der Waals surface area (Å²) in [6.45, 7) is 1.19. The van der Waals surface area contributed by atoms with Crippen LogP contribution in [-0.2, 0) is 9.53 Å². The summed E-state index contributed by atoms with van der Waals surface area (Å²) in [7, 11) is 0. The number of rotatable bonds is 4. The smallest absolute Gasteiger partial charge is 0.270 e. The van der Waals surface area contributed by atoms with Gasteiger partial charge in [0, 0.05) is 18.7 Å². The number of nitro benzene ring substituents is 1. The van der Waals surface area contributed by atoms with Crippen molar-refractivity contribution >= 4 is 46.0 Å². The molecule has 0 radical (unpaired) electrons. The second kappa shape index (κ2) is 6.77. The Morgan fingerprint density at radius 2 is 2.35 bits per heavy atom. The van der Waals surface area contributed by atoms with E-state index in [0.717, 1.165) is 19.4 Å². The van der Waals surface area contributed by atoms with Crippen LogP contribution in [0.25, 0.3) is 6.08 Å². The lowest BCUT2D eigenvalue weighted by Crippen LogP contribution is -2.35. The van der Waals surface area contributed by atoms with Crippen molar-refractivity contribution in [2.45, 2.75) is 18.9 Å². The van der Waals surface area contributed by atoms with E-state index >= 15 is 0 Å². The molecule has 1 aromatic rings. The molecular formula is C15H14N2O4S2. The third-order valence-electron chi connectivity index (χ3n) is 3.66. The van der Waals surface area contributed by atoms with Crippen LogP contribution < -0.4 is 0 Å². The minimum atomic E-state index is -0.458. The first kappa shape index (κ1) is 16.1. The van der Waals surface area contributed by atoms with E-state index in [2.05, 4.69) is 0 Å². The van der Waals surface area contributed by atoms with Crippen LogP contribution >= 0.6 is 24.0 Å². The number of thioether (sulfide) groups is 1. The van der Waals surface area contributed by atoms with Gasteiger partial charge < -0.3 is 4.74 Å². The highest BCUT2D eigenvalue weighted by molar-refractivity contribution is 8.26. The van der Waals surface area contributed by atoms with Crippen molar-refractivity contribution in [2.24, 2.45) is 0 Å². The van der Waals surface area contributed by atoms with Gasteiger partial charge in [-0.15, -0.1) is 0 Å². The highest BCUT2D eigenvalue weighted by atomic mass is 32.2. The number of nitrogens with zero attached hydrogens (tertiary/aromatic N) is 2. The molecule has 0 spiro atoms. The Labute approximate surface area is 142 Å². The number of hydrogen-bond donors (Lipinski definition) is 0. The maximum absolute atomic E-state index is 12.5. The molecule has 1 unspecified atom stereocenters. The zero-order chi connectivity index (χ0) is 16.4. The normalized spacial score (nSPS) is 23.0. The highest BCUT2D eigenvalue weighted by Crippen LogP contribution is 2.33. The molecule has 2 heterocycles. The van der Waals surface area contributed by atoms with E-state index in [-0.39, 0.29) is 17.7 Å². The molecule has 3 rings (SSSR count). The van der Waals surface area contributed by atoms with Gasteiger partial charge in [-0.2, -0.15) is 0 Å². The molecule has 0 bridgehead atoms. The molecule has 0 N–H and O–H groups in total. The molecule has 0 aliphatic carbocycles. The van der Waals surface area contributed by atoms with Crippen LogP contribution in [0.3, 0.4) is 0 Å². The molecular weight excluding hydrogens is 336 g/mol. The maximum atomic E-state index is 12.5. The van der Waals surface area contributed by atoms with Gasteiger partial charge in [0.2, 0.25) is 0 Å². The number of non-ortho nitro benzene ring substituents is 1. The van der Waals surface area contributed by atoms with E-state index in [1.165, 1.54) is 23.9 Å². The topological polar surface area (TPSA) is 72.7 Å². The SMILES string of the molecule is O=C1C(=Cc2cccc([N+](=O)[O-])c2)SC(=S)N1CC1CCCO1. The zero-order valence-corrected chi connectivity index (χ0v) is 13.8. The Morgan fingerprint density at radius 3 is 3.04 bits per heavy atom. The molecule has 1 aromatic carbocycles. The van der Waals surface area contributed by atoms with Gasteiger partial charge in [0.25, 0.3) is 11.6 Å². The number of benzene rings is 1. The summed E-state index contributed by atoms with van der Waals surface area (Å²) in [6.07, 6.45) is 3.61. The minimum Gasteiger partial charge on any atom is -0.376 e. The maximum Gasteiger partial charge on any atom is 0.270 e. The minimum absolute atomic E-state index is 0.00594. The van der Waals surface area contributed by atoms with Crippen molar-refractivity contribution in [1.82, 2.24) is 4.90 Å². The Bertz CT molecular complexity index is 698. The van der Waals surface area contributed by atoms with E-state index in [4.69, 9.17) is 17.0 Å². The first-order valence-electron chi connectivity index (χ1n) is 7.16. The summed E-state index contributed by atoms with van der Waals surface area (Å²) in [5, 5.41) is 10.8. The van der Waals surface area contributed by atoms with E-state index in [9.17, 15) is 14.9 Å². The Hall–Kier alpha value is -1.77. The molecule has 2 fully saturated rings. The molecule has 6 nitrogen and oxygen atoms in total. The summed E-state index contributed by atoms with van der Waals surface area (Å²) in [6, 6.07) is 6.17. The molecule has 23 heavy (non-hydrogen) atoms. The van der Waals surface area contributed by atoms with Crippen LogP contribution in [-0.4, -0.2) is 39.3 Å². The fourth-order valence-corrected chi connectivity index (χ4v) is 3.80. The average molecular weight is 350 g/mol. The standard InChI is InChI=1S/C15H14N2O4S2/c18-14-13(8-10-3-1-4-11(7-10)17(19)20)23-15(22)16(14)9-12-5-2-6-21-12/h1,3-4,7-8,12H,2,5-6,9H2. The largest absolute Gasteiger partial charge is 0.376 e. The lowest BCUT2D eigenvalue weighted by molar-refractivity contribution is -0.384. The fourth-order valence-electron chi connectivity index (χ4n) is 2.53. The third kappa shape index (κ3) is 3.60. The van der Waals surface area contributed by atoms with Crippen LogP contribution in [0.4, 0.5) is 5.69 Å². The lowest BCUT2D eigenvalue weighted by atomic mass is 10.2. The van der Waals surface area contributed by atoms with Crippen molar-refractivity contribution < 1.29 is 14.5 Å². The Morgan fingerprint density at radius 1 is 1.52 bits per heavy atom. The molecule has 0 aromatic heterocycles. The van der Waals surface area contributed by atoms with Crippen molar-refractivity contribution in [3.63, 3.8) is 0 Å². The predicted molar refractivity (Wildman–Crippen MR) is 91.9 cm³/mol. The number of amides is 1. The number of hydrogen-bond acceptors (Lipinski definition) is 6. The fraction of sp³-hybridized carbons (Fsp3) is 0.333. The summed E-state index contributed by atoms with van der Waals surface area (Å²) in [4.78, 5) is 24.9. The van der Waals surface area contributed by atoms with Gasteiger partial charge in [-0.1, -0.05) is 36.1 Å². The molecule has 1 amide bonds. The predicted octanol–water partition coefficient (Wildman–Crippen LogP) is 2.98. The second-order valence-electron chi connectivity index (χ2n) is 5.28. The van der Waals surface area contributed by atoms with Crippen LogP contribution in [0.5, 0.6) is 0 Å². The van der Waals surface area contributed by atoms with Crippen LogP contribution in [0, 0.1) is 10.1 Å². The quantitative estimate of drug-likeness (QED) is 0.360. The van der Waals surface area contributed by atoms with Gasteiger partial charge in [0.05, 0.1) is 22.5 Å². The van der Waals surface area contributed by atoms with Gasteiger partial charge in [0.15, 0.2) is 0 Å². The Balaban J connectivity index is 1.78. The highest BCUT2D eigenvalue weighted by Gasteiger charge is 2.34. The van der Waals surface area contributed by atoms with Gasteiger partial charge >= 0.3 is 0 Å². The van der Waals surface area contributed by atoms with Crippen molar-refractivity contribution in [3.05, 3.63) is 44.8 Å². The third-order valence-corrected chi connectivity index (χ3v) is 5.04.